The summed E-state index contributed by atoms with van der Waals surface area (Å²) in [5.74, 6) is -1.92. The lowest BCUT2D eigenvalue weighted by Crippen LogP contribution is -2.06. The van der Waals surface area contributed by atoms with Crippen molar-refractivity contribution in [3.8, 4) is 0 Å². The predicted octanol–water partition coefficient (Wildman–Crippen LogP) is 2.52. The van der Waals surface area contributed by atoms with E-state index in [4.69, 9.17) is 0 Å². The van der Waals surface area contributed by atoms with Gasteiger partial charge in [-0.05, 0) is 17.6 Å². The van der Waals surface area contributed by atoms with Gasteiger partial charge in [-0.3, -0.25) is 10.1 Å². The normalized spacial score (nSPS) is 10.3. The van der Waals surface area contributed by atoms with E-state index in [9.17, 15) is 19.3 Å². The van der Waals surface area contributed by atoms with E-state index in [0.717, 1.165) is 36.5 Å². The highest BCUT2D eigenvalue weighted by atomic mass is 32.2. The van der Waals surface area contributed by atoms with Gasteiger partial charge in [-0.15, -0.1) is 0 Å². The van der Waals surface area contributed by atoms with Gasteiger partial charge in [-0.2, -0.15) is 4.37 Å². The number of rotatable bonds is 4. The molecule has 20 heavy (non-hydrogen) atoms. The smallest absolute Gasteiger partial charge is 0.340 e. The summed E-state index contributed by atoms with van der Waals surface area (Å²) in [7, 11) is 1.10. The van der Waals surface area contributed by atoms with Gasteiger partial charge in [0.2, 0.25) is 0 Å². The second-order valence-electron chi connectivity index (χ2n) is 3.36. The molecule has 0 saturated heterocycles. The van der Waals surface area contributed by atoms with Gasteiger partial charge in [-0.25, -0.2) is 14.2 Å². The number of hydrogen-bond donors (Lipinski definition) is 0. The molecule has 0 N–H and O–H groups in total. The average molecular weight is 315 g/mol. The number of nitro groups is 1. The van der Waals surface area contributed by atoms with Crippen LogP contribution in [0, 0.1) is 15.9 Å². The highest BCUT2D eigenvalue weighted by molar-refractivity contribution is 8.01. The van der Waals surface area contributed by atoms with Crippen molar-refractivity contribution in [1.29, 1.82) is 0 Å². The number of benzene rings is 1. The summed E-state index contributed by atoms with van der Waals surface area (Å²) in [4.78, 5) is 25.6. The van der Waals surface area contributed by atoms with Gasteiger partial charge in [-0.1, -0.05) is 11.8 Å². The minimum Gasteiger partial charge on any atom is -0.465 e. The maximum absolute atomic E-state index is 13.7. The highest BCUT2D eigenvalue weighted by Gasteiger charge is 2.23. The van der Waals surface area contributed by atoms with Gasteiger partial charge in [0.15, 0.2) is 4.34 Å². The van der Waals surface area contributed by atoms with Crippen LogP contribution in [-0.4, -0.2) is 27.4 Å². The zero-order valence-corrected chi connectivity index (χ0v) is 11.5. The molecule has 2 rings (SSSR count). The number of carbonyl (C=O) groups excluding carboxylic acids is 1. The molecule has 0 saturated carbocycles. The fourth-order valence-electron chi connectivity index (χ4n) is 1.34. The van der Waals surface area contributed by atoms with Gasteiger partial charge in [0.05, 0.1) is 28.6 Å². The Labute approximate surface area is 120 Å². The molecule has 0 unspecified atom stereocenters. The van der Waals surface area contributed by atoms with E-state index in [-0.39, 0.29) is 10.5 Å². The minimum absolute atomic E-state index is 0.0913. The van der Waals surface area contributed by atoms with Crippen LogP contribution in [0.1, 0.15) is 10.4 Å². The van der Waals surface area contributed by atoms with Crippen LogP contribution in [0.5, 0.6) is 0 Å². The van der Waals surface area contributed by atoms with Gasteiger partial charge < -0.3 is 4.74 Å². The van der Waals surface area contributed by atoms with Crippen molar-refractivity contribution in [3.63, 3.8) is 0 Å². The zero-order chi connectivity index (χ0) is 14.7. The molecule has 1 aromatic carbocycles. The third-order valence-electron chi connectivity index (χ3n) is 2.19. The third kappa shape index (κ3) is 2.91. The predicted molar refractivity (Wildman–Crippen MR) is 68.4 cm³/mol. The molecule has 0 bridgehead atoms. The number of esters is 1. The Morgan fingerprint density at radius 2 is 2.30 bits per heavy atom. The molecule has 0 radical (unpaired) electrons. The Bertz CT molecular complexity index is 663. The Morgan fingerprint density at radius 3 is 2.85 bits per heavy atom. The van der Waals surface area contributed by atoms with E-state index >= 15 is 0 Å². The molecule has 10 heteroatoms. The maximum Gasteiger partial charge on any atom is 0.340 e. The van der Waals surface area contributed by atoms with E-state index in [1.807, 2.05) is 0 Å². The van der Waals surface area contributed by atoms with Crippen molar-refractivity contribution in [2.24, 2.45) is 0 Å². The first-order valence-corrected chi connectivity index (χ1v) is 6.62. The molecule has 0 spiro atoms. The van der Waals surface area contributed by atoms with Gasteiger partial charge in [0.25, 0.3) is 5.69 Å². The van der Waals surface area contributed by atoms with Crippen LogP contribution in [-0.2, 0) is 4.74 Å². The molecule has 2 aromatic rings. The Morgan fingerprint density at radius 1 is 1.55 bits per heavy atom. The molecular formula is C10H6FN3O4S2. The van der Waals surface area contributed by atoms with E-state index in [1.165, 1.54) is 6.33 Å². The fraction of sp³-hybridized carbons (Fsp3) is 0.100. The summed E-state index contributed by atoms with van der Waals surface area (Å²) in [5, 5.41) is 10.9. The second kappa shape index (κ2) is 5.92. The van der Waals surface area contributed by atoms with Crippen molar-refractivity contribution in [3.05, 3.63) is 40.0 Å². The van der Waals surface area contributed by atoms with E-state index in [1.54, 1.807) is 0 Å². The van der Waals surface area contributed by atoms with Crippen LogP contribution in [0.3, 0.4) is 0 Å². The number of ether oxygens (including phenoxy) is 1. The Hall–Kier alpha value is -2.07. The van der Waals surface area contributed by atoms with Crippen molar-refractivity contribution in [1.82, 2.24) is 9.36 Å². The van der Waals surface area contributed by atoms with Crippen LogP contribution < -0.4 is 0 Å². The lowest BCUT2D eigenvalue weighted by molar-refractivity contribution is -0.387. The number of nitrogens with zero attached hydrogens (tertiary/aromatic N) is 3. The van der Waals surface area contributed by atoms with Crippen molar-refractivity contribution < 1.29 is 18.8 Å². The topological polar surface area (TPSA) is 95.2 Å². The third-order valence-corrected chi connectivity index (χ3v) is 3.95. The first kappa shape index (κ1) is 14.3. The summed E-state index contributed by atoms with van der Waals surface area (Å²) in [6.45, 7) is 0. The number of aromatic nitrogens is 2. The van der Waals surface area contributed by atoms with Crippen molar-refractivity contribution >= 4 is 35.0 Å². The molecule has 0 fully saturated rings. The summed E-state index contributed by atoms with van der Waals surface area (Å²) in [6.07, 6.45) is 1.30. The van der Waals surface area contributed by atoms with Crippen LogP contribution in [0.15, 0.2) is 27.7 Å². The summed E-state index contributed by atoms with van der Waals surface area (Å²) in [5.41, 5.74) is -0.819. The molecule has 0 aliphatic heterocycles. The Balaban J connectivity index is 2.51. The standard InChI is InChI=1S/C10H6FN3O4S2/c1-18-9(15)5-2-8(19-10-12-4-13-20-10)7(14(16)17)3-6(5)11/h2-4H,1H3. The van der Waals surface area contributed by atoms with Gasteiger partial charge in [0.1, 0.15) is 12.1 Å². The number of halogens is 1. The molecule has 0 aliphatic rings. The van der Waals surface area contributed by atoms with Crippen molar-refractivity contribution in [2.45, 2.75) is 9.24 Å². The van der Waals surface area contributed by atoms with Crippen LogP contribution in [0.4, 0.5) is 10.1 Å². The van der Waals surface area contributed by atoms with E-state index in [2.05, 4.69) is 14.1 Å². The second-order valence-corrected chi connectivity index (χ2v) is 5.43. The number of hydrogen-bond acceptors (Lipinski definition) is 8. The quantitative estimate of drug-likeness (QED) is 0.486. The summed E-state index contributed by atoms with van der Waals surface area (Å²) < 4.78 is 22.3. The molecule has 0 amide bonds. The number of carbonyl (C=O) groups is 1. The number of methoxy groups -OCH3 is 1. The first-order chi connectivity index (χ1) is 9.52. The summed E-state index contributed by atoms with van der Waals surface area (Å²) in [6, 6.07) is 1.76. The number of nitro benzene ring substituents is 1. The van der Waals surface area contributed by atoms with Crippen LogP contribution in [0.25, 0.3) is 0 Å². The van der Waals surface area contributed by atoms with Crippen LogP contribution >= 0.6 is 23.3 Å². The van der Waals surface area contributed by atoms with Gasteiger partial charge >= 0.3 is 5.97 Å². The Kier molecular flexibility index (Phi) is 4.25. The average Bonchev–Trinajstić information content (AvgIpc) is 2.92. The monoisotopic (exact) mass is 315 g/mol. The largest absolute Gasteiger partial charge is 0.465 e. The first-order valence-electron chi connectivity index (χ1n) is 5.03. The highest BCUT2D eigenvalue weighted by Crippen LogP contribution is 2.36. The van der Waals surface area contributed by atoms with E-state index < -0.39 is 22.4 Å². The molecule has 0 aliphatic carbocycles. The summed E-state index contributed by atoms with van der Waals surface area (Å²) >= 11 is 1.96. The fourth-order valence-corrected chi connectivity index (χ4v) is 2.86. The molecule has 1 heterocycles. The molecule has 104 valence electrons. The lowest BCUT2D eigenvalue weighted by Gasteiger charge is -2.05. The minimum atomic E-state index is -1.01. The maximum atomic E-state index is 13.7. The lowest BCUT2D eigenvalue weighted by atomic mass is 10.2. The SMILES string of the molecule is COC(=O)c1cc(Sc2ncns2)c([N+](=O)[O-])cc1F. The van der Waals surface area contributed by atoms with Crippen molar-refractivity contribution in [2.75, 3.05) is 7.11 Å². The van der Waals surface area contributed by atoms with E-state index in [0.29, 0.717) is 10.4 Å². The molecular weight excluding hydrogens is 309 g/mol. The van der Waals surface area contributed by atoms with Gasteiger partial charge in [0, 0.05) is 0 Å². The van der Waals surface area contributed by atoms with Crippen LogP contribution in [0.2, 0.25) is 0 Å². The molecule has 1 aromatic heterocycles. The molecule has 7 nitrogen and oxygen atoms in total. The molecule has 0 atom stereocenters. The zero-order valence-electron chi connectivity index (χ0n) is 9.90.